The summed E-state index contributed by atoms with van der Waals surface area (Å²) in [6.07, 6.45) is 3.69. The summed E-state index contributed by atoms with van der Waals surface area (Å²) in [5, 5.41) is 23.4. The smallest absolute Gasteiger partial charge is 0.416 e. The van der Waals surface area contributed by atoms with Gasteiger partial charge in [0.05, 0.1) is 18.3 Å². The number of likely N-dealkylation sites (tertiary alicyclic amines) is 1. The van der Waals surface area contributed by atoms with Crippen LogP contribution < -0.4 is 4.74 Å². The van der Waals surface area contributed by atoms with Crippen molar-refractivity contribution in [3.63, 3.8) is 0 Å². The number of benzene rings is 2. The van der Waals surface area contributed by atoms with Crippen LogP contribution in [0.15, 0.2) is 42.5 Å². The number of carbonyl (C=O) groups is 1. The summed E-state index contributed by atoms with van der Waals surface area (Å²) >= 11 is 0. The number of ether oxygens (including phenoxy) is 1. The largest absolute Gasteiger partial charge is 0.504 e. The number of rotatable bonds is 6. The molecule has 1 unspecified atom stereocenters. The van der Waals surface area contributed by atoms with E-state index in [0.717, 1.165) is 36.3 Å². The number of fused-ring (bicyclic) bond motifs is 1. The summed E-state index contributed by atoms with van der Waals surface area (Å²) in [5.41, 5.74) is -0.295. The molecule has 1 aliphatic heterocycles. The molecule has 1 heterocycles. The standard InChI is InChI=1S/C32H37F3N2O4/c1-36(27(39)11-8-20-4-3-5-23(16-20)32(33,34)35)24-12-13-31(40)26-17-22-9-10-25(38)29(41-2)28(22)30(31,18-24)14-15-37(26)19-21-6-7-21/h3-5,8-11,16,21,24,26,38,40H,6-7,12-15,17-19H2,1-2H3/b11-8+/t24?,26-,30-,31-/m1/s1. The predicted molar refractivity (Wildman–Crippen MR) is 149 cm³/mol. The molecule has 9 heteroatoms. The second-order valence-corrected chi connectivity index (χ2v) is 12.4. The number of phenolic OH excluding ortho intramolecular Hbond substituents is 1. The van der Waals surface area contributed by atoms with E-state index >= 15 is 0 Å². The van der Waals surface area contributed by atoms with Gasteiger partial charge >= 0.3 is 6.18 Å². The minimum atomic E-state index is -4.46. The Balaban J connectivity index is 1.31. The summed E-state index contributed by atoms with van der Waals surface area (Å²) in [7, 11) is 3.25. The molecule has 220 valence electrons. The van der Waals surface area contributed by atoms with Crippen molar-refractivity contribution >= 4 is 12.0 Å². The molecule has 3 aliphatic carbocycles. The fourth-order valence-electron chi connectivity index (χ4n) is 7.83. The van der Waals surface area contributed by atoms with E-state index in [4.69, 9.17) is 4.74 Å². The number of aliphatic hydroxyl groups is 1. The van der Waals surface area contributed by atoms with Gasteiger partial charge in [0.1, 0.15) is 0 Å². The van der Waals surface area contributed by atoms with Gasteiger partial charge < -0.3 is 19.8 Å². The maximum absolute atomic E-state index is 13.3. The van der Waals surface area contributed by atoms with Crippen molar-refractivity contribution in [2.24, 2.45) is 5.92 Å². The molecule has 0 radical (unpaired) electrons. The van der Waals surface area contributed by atoms with Gasteiger partial charge in [-0.3, -0.25) is 9.69 Å². The average molecular weight is 571 g/mol. The van der Waals surface area contributed by atoms with Crippen molar-refractivity contribution in [1.82, 2.24) is 9.80 Å². The fourth-order valence-corrected chi connectivity index (χ4v) is 7.83. The van der Waals surface area contributed by atoms with Crippen LogP contribution in [0.3, 0.4) is 0 Å². The zero-order valence-electron chi connectivity index (χ0n) is 23.5. The number of carbonyl (C=O) groups excluding carboxylic acids is 1. The maximum atomic E-state index is 13.3. The van der Waals surface area contributed by atoms with E-state index in [2.05, 4.69) is 4.90 Å². The normalized spacial score (nSPS) is 29.6. The van der Waals surface area contributed by atoms with E-state index in [1.54, 1.807) is 18.0 Å². The number of amides is 1. The molecule has 2 aromatic carbocycles. The molecule has 3 fully saturated rings. The van der Waals surface area contributed by atoms with Crippen molar-refractivity contribution in [2.45, 2.75) is 74.2 Å². The Bertz CT molecular complexity index is 1370. The molecule has 1 amide bonds. The molecular weight excluding hydrogens is 533 g/mol. The third-order valence-electron chi connectivity index (χ3n) is 10.1. The number of methoxy groups -OCH3 is 1. The first kappa shape index (κ1) is 28.1. The molecule has 2 bridgehead atoms. The van der Waals surface area contributed by atoms with Gasteiger partial charge in [-0.2, -0.15) is 13.2 Å². The van der Waals surface area contributed by atoms with Gasteiger partial charge in [-0.15, -0.1) is 0 Å². The van der Waals surface area contributed by atoms with E-state index in [9.17, 15) is 28.2 Å². The maximum Gasteiger partial charge on any atom is 0.416 e. The topological polar surface area (TPSA) is 73.2 Å². The Labute approximate surface area is 238 Å². The van der Waals surface area contributed by atoms with Crippen LogP contribution in [0.25, 0.3) is 6.08 Å². The summed E-state index contributed by atoms with van der Waals surface area (Å²) in [6.45, 7) is 1.80. The van der Waals surface area contributed by atoms with Gasteiger partial charge in [0.25, 0.3) is 0 Å². The van der Waals surface area contributed by atoms with E-state index < -0.39 is 22.8 Å². The number of hydrogen-bond donors (Lipinski definition) is 2. The van der Waals surface area contributed by atoms with E-state index in [1.165, 1.54) is 44.2 Å². The van der Waals surface area contributed by atoms with Crippen LogP contribution >= 0.6 is 0 Å². The highest BCUT2D eigenvalue weighted by molar-refractivity contribution is 5.91. The van der Waals surface area contributed by atoms with Gasteiger partial charge in [-0.25, -0.2) is 0 Å². The van der Waals surface area contributed by atoms with Crippen LogP contribution in [0, 0.1) is 5.92 Å². The molecule has 6 nitrogen and oxygen atoms in total. The van der Waals surface area contributed by atoms with Crippen LogP contribution in [0.2, 0.25) is 0 Å². The second kappa shape index (κ2) is 10.1. The Hall–Kier alpha value is -3.04. The molecule has 4 atom stereocenters. The van der Waals surface area contributed by atoms with E-state index in [-0.39, 0.29) is 23.7 Å². The third kappa shape index (κ3) is 4.71. The highest BCUT2D eigenvalue weighted by Crippen LogP contribution is 2.61. The monoisotopic (exact) mass is 570 g/mol. The van der Waals surface area contributed by atoms with Gasteiger partial charge in [0, 0.05) is 42.7 Å². The number of phenols is 1. The zero-order valence-corrected chi connectivity index (χ0v) is 23.5. The lowest BCUT2D eigenvalue weighted by molar-refractivity contribution is -0.178. The highest BCUT2D eigenvalue weighted by Gasteiger charge is 2.66. The van der Waals surface area contributed by atoms with Crippen LogP contribution in [0.4, 0.5) is 13.2 Å². The van der Waals surface area contributed by atoms with Gasteiger partial charge in [-0.1, -0.05) is 18.2 Å². The number of piperidine rings is 1. The Morgan fingerprint density at radius 3 is 2.68 bits per heavy atom. The highest BCUT2D eigenvalue weighted by atomic mass is 19.4. The zero-order chi connectivity index (χ0) is 29.2. The third-order valence-corrected chi connectivity index (χ3v) is 10.1. The molecule has 1 saturated heterocycles. The lowest BCUT2D eigenvalue weighted by Gasteiger charge is -2.65. The number of hydrogen-bond acceptors (Lipinski definition) is 5. The summed E-state index contributed by atoms with van der Waals surface area (Å²) in [4.78, 5) is 17.4. The molecule has 2 saturated carbocycles. The molecule has 0 aromatic heterocycles. The Morgan fingerprint density at radius 1 is 1.20 bits per heavy atom. The number of nitrogens with zero attached hydrogens (tertiary/aromatic N) is 2. The lowest BCUT2D eigenvalue weighted by atomic mass is 9.48. The molecule has 2 N–H and O–H groups in total. The van der Waals surface area contributed by atoms with Gasteiger partial charge in [0.2, 0.25) is 5.91 Å². The first-order valence-electron chi connectivity index (χ1n) is 14.4. The minimum absolute atomic E-state index is 0.0393. The Kier molecular flexibility index (Phi) is 6.89. The van der Waals surface area contributed by atoms with Crippen molar-refractivity contribution in [3.8, 4) is 11.5 Å². The predicted octanol–water partition coefficient (Wildman–Crippen LogP) is 5.15. The van der Waals surface area contributed by atoms with Crippen LogP contribution in [0.5, 0.6) is 11.5 Å². The fraction of sp³-hybridized carbons (Fsp3) is 0.531. The molecule has 4 aliphatic rings. The van der Waals surface area contributed by atoms with Crippen molar-refractivity contribution < 1.29 is 32.9 Å². The van der Waals surface area contributed by atoms with Crippen molar-refractivity contribution in [2.75, 3.05) is 27.2 Å². The summed E-state index contributed by atoms with van der Waals surface area (Å²) in [5.74, 6) is 0.813. The quantitative estimate of drug-likeness (QED) is 0.470. The van der Waals surface area contributed by atoms with Gasteiger partial charge in [0.15, 0.2) is 11.5 Å². The lowest BCUT2D eigenvalue weighted by Crippen LogP contribution is -2.74. The molecule has 41 heavy (non-hydrogen) atoms. The van der Waals surface area contributed by atoms with Crippen LogP contribution in [-0.2, 0) is 22.8 Å². The molecule has 2 aromatic rings. The number of aromatic hydroxyl groups is 1. The number of likely N-dealkylation sites (N-methyl/N-ethyl adjacent to an activating group) is 1. The van der Waals surface area contributed by atoms with E-state index in [0.29, 0.717) is 49.3 Å². The van der Waals surface area contributed by atoms with Crippen LogP contribution in [0.1, 0.15) is 60.8 Å². The first-order chi connectivity index (χ1) is 19.5. The molecule has 0 spiro atoms. The number of halogens is 3. The summed E-state index contributed by atoms with van der Waals surface area (Å²) in [6, 6.07) is 8.23. The number of alkyl halides is 3. The first-order valence-corrected chi connectivity index (χ1v) is 14.4. The molecular formula is C32H37F3N2O4. The average Bonchev–Trinajstić information content (AvgIpc) is 3.76. The Morgan fingerprint density at radius 2 is 1.98 bits per heavy atom. The van der Waals surface area contributed by atoms with Gasteiger partial charge in [-0.05, 0) is 92.8 Å². The van der Waals surface area contributed by atoms with Crippen molar-refractivity contribution in [1.29, 1.82) is 0 Å². The SMILES string of the molecule is COc1c(O)ccc2c1[C@]13CCN(CC4CC4)[C@H](C2)[C@]1(O)CCC(N(C)C(=O)/C=C/c1cccc(C(F)(F)F)c1)C3. The van der Waals surface area contributed by atoms with Crippen molar-refractivity contribution in [3.05, 3.63) is 64.7 Å². The second-order valence-electron chi connectivity index (χ2n) is 12.4. The van der Waals surface area contributed by atoms with E-state index in [1.807, 2.05) is 6.07 Å². The van der Waals surface area contributed by atoms with Crippen LogP contribution in [-0.4, -0.2) is 70.9 Å². The summed E-state index contributed by atoms with van der Waals surface area (Å²) < 4.78 is 45.1. The molecule has 6 rings (SSSR count). The minimum Gasteiger partial charge on any atom is -0.504 e.